The van der Waals surface area contributed by atoms with Gasteiger partial charge in [0.05, 0.1) is 16.1 Å². The molecule has 0 fully saturated rings. The van der Waals surface area contributed by atoms with Crippen molar-refractivity contribution in [3.63, 3.8) is 0 Å². The van der Waals surface area contributed by atoms with E-state index in [9.17, 15) is 4.79 Å². The highest BCUT2D eigenvalue weighted by molar-refractivity contribution is 9.10. The van der Waals surface area contributed by atoms with Crippen molar-refractivity contribution in [1.29, 1.82) is 5.26 Å². The number of hydrogen-bond donors (Lipinski definition) is 0. The maximum absolute atomic E-state index is 11.5. The summed E-state index contributed by atoms with van der Waals surface area (Å²) in [6, 6.07) is 6.79. The molecule has 3 nitrogen and oxygen atoms in total. The van der Waals surface area contributed by atoms with E-state index in [4.69, 9.17) is 10.00 Å². The van der Waals surface area contributed by atoms with Gasteiger partial charge in [0.1, 0.15) is 5.75 Å². The van der Waals surface area contributed by atoms with Crippen LogP contribution >= 0.6 is 15.9 Å². The van der Waals surface area contributed by atoms with Crippen LogP contribution in [0.15, 0.2) is 34.3 Å². The second-order valence-corrected chi connectivity index (χ2v) is 3.97. The summed E-state index contributed by atoms with van der Waals surface area (Å²) >= 11 is 3.24. The molecule has 0 heterocycles. The van der Waals surface area contributed by atoms with Gasteiger partial charge in [0.25, 0.3) is 0 Å². The van der Waals surface area contributed by atoms with Crippen LogP contribution in [0, 0.1) is 11.3 Å². The maximum Gasteiger partial charge on any atom is 0.338 e. The Kier molecular flexibility index (Phi) is 4.27. The van der Waals surface area contributed by atoms with Gasteiger partial charge in [-0.1, -0.05) is 6.08 Å². The second-order valence-electron chi connectivity index (χ2n) is 3.12. The molecule has 16 heavy (non-hydrogen) atoms. The largest absolute Gasteiger partial charge is 0.422 e. The van der Waals surface area contributed by atoms with E-state index in [-0.39, 0.29) is 0 Å². The lowest BCUT2D eigenvalue weighted by atomic mass is 10.2. The molecule has 1 rings (SSSR count). The summed E-state index contributed by atoms with van der Waals surface area (Å²) in [5.41, 5.74) is 1.05. The van der Waals surface area contributed by atoms with E-state index in [1.165, 1.54) is 0 Å². The summed E-state index contributed by atoms with van der Waals surface area (Å²) in [6.07, 6.45) is 1.68. The van der Waals surface area contributed by atoms with E-state index in [1.807, 2.05) is 6.07 Å². The number of rotatable bonds is 2. The van der Waals surface area contributed by atoms with Gasteiger partial charge in [-0.3, -0.25) is 0 Å². The fourth-order valence-electron chi connectivity index (χ4n) is 0.951. The van der Waals surface area contributed by atoms with Crippen molar-refractivity contribution in [2.24, 2.45) is 0 Å². The number of halogens is 1. The number of nitrogens with zero attached hydrogens (tertiary/aromatic N) is 1. The van der Waals surface area contributed by atoms with Gasteiger partial charge >= 0.3 is 5.97 Å². The number of carbonyl (C=O) groups is 1. The molecule has 0 aliphatic rings. The number of ether oxygens (including phenoxy) is 1. The van der Waals surface area contributed by atoms with Gasteiger partial charge in [-0.05, 0) is 48.0 Å². The molecule has 0 bridgehead atoms. The molecule has 0 aliphatic carbocycles. The first-order chi connectivity index (χ1) is 7.58. The minimum Gasteiger partial charge on any atom is -0.422 e. The van der Waals surface area contributed by atoms with E-state index in [2.05, 4.69) is 15.9 Å². The van der Waals surface area contributed by atoms with Crippen molar-refractivity contribution in [2.45, 2.75) is 13.8 Å². The monoisotopic (exact) mass is 279 g/mol. The van der Waals surface area contributed by atoms with Crippen LogP contribution in [0.5, 0.6) is 5.75 Å². The SMILES string of the molecule is CC=C(C)C(=O)Oc1ccc(C#N)cc1Br. The van der Waals surface area contributed by atoms with Gasteiger partial charge < -0.3 is 4.74 Å². The Bertz CT molecular complexity index is 486. The zero-order chi connectivity index (χ0) is 12.1. The molecule has 4 heteroatoms. The molecule has 1 aromatic carbocycles. The lowest BCUT2D eigenvalue weighted by molar-refractivity contribution is -0.130. The molecule has 0 saturated carbocycles. The number of benzene rings is 1. The topological polar surface area (TPSA) is 50.1 Å². The Morgan fingerprint density at radius 3 is 2.75 bits per heavy atom. The summed E-state index contributed by atoms with van der Waals surface area (Å²) in [5.74, 6) is 0.0121. The van der Waals surface area contributed by atoms with Crippen molar-refractivity contribution >= 4 is 21.9 Å². The van der Waals surface area contributed by atoms with Crippen LogP contribution in [0.25, 0.3) is 0 Å². The minimum atomic E-state index is -0.395. The number of carbonyl (C=O) groups excluding carboxylic acids is 1. The number of allylic oxidation sites excluding steroid dienone is 1. The average Bonchev–Trinajstić information content (AvgIpc) is 2.30. The molecule has 1 aromatic rings. The minimum absolute atomic E-state index is 0.395. The molecule has 0 unspecified atom stereocenters. The summed E-state index contributed by atoms with van der Waals surface area (Å²) in [5, 5.41) is 8.67. The van der Waals surface area contributed by atoms with Crippen molar-refractivity contribution < 1.29 is 9.53 Å². The first kappa shape index (κ1) is 12.5. The fourth-order valence-corrected chi connectivity index (χ4v) is 1.41. The second kappa shape index (κ2) is 5.47. The van der Waals surface area contributed by atoms with Crippen LogP contribution in [0.3, 0.4) is 0 Å². The Morgan fingerprint density at radius 1 is 1.56 bits per heavy atom. The van der Waals surface area contributed by atoms with Gasteiger partial charge in [0.2, 0.25) is 0 Å². The van der Waals surface area contributed by atoms with Crippen LogP contribution in [0.2, 0.25) is 0 Å². The van der Waals surface area contributed by atoms with Crippen molar-refractivity contribution in [3.8, 4) is 11.8 Å². The highest BCUT2D eigenvalue weighted by Crippen LogP contribution is 2.26. The molecule has 0 atom stereocenters. The molecule has 0 saturated heterocycles. The Balaban J connectivity index is 2.92. The zero-order valence-electron chi connectivity index (χ0n) is 8.95. The smallest absolute Gasteiger partial charge is 0.338 e. The summed E-state index contributed by atoms with van der Waals surface area (Å²) in [4.78, 5) is 11.5. The van der Waals surface area contributed by atoms with Gasteiger partial charge in [-0.25, -0.2) is 4.79 Å². The molecule has 0 radical (unpaired) electrons. The third kappa shape index (κ3) is 2.94. The van der Waals surface area contributed by atoms with Gasteiger partial charge in [0, 0.05) is 5.57 Å². The molecule has 82 valence electrons. The third-order valence-electron chi connectivity index (χ3n) is 2.02. The van der Waals surface area contributed by atoms with Crippen LogP contribution < -0.4 is 4.74 Å². The molecule has 0 N–H and O–H groups in total. The van der Waals surface area contributed by atoms with Gasteiger partial charge in [0.15, 0.2) is 0 Å². The standard InChI is InChI=1S/C12H10BrNO2/c1-3-8(2)12(15)16-11-5-4-9(7-14)6-10(11)13/h3-6H,1-2H3. The van der Waals surface area contributed by atoms with E-state index >= 15 is 0 Å². The lowest BCUT2D eigenvalue weighted by Crippen LogP contribution is -2.09. The molecular weight excluding hydrogens is 270 g/mol. The first-order valence-corrected chi connectivity index (χ1v) is 5.42. The van der Waals surface area contributed by atoms with Gasteiger partial charge in [-0.15, -0.1) is 0 Å². The lowest BCUT2D eigenvalue weighted by Gasteiger charge is -2.06. The van der Waals surface area contributed by atoms with Gasteiger partial charge in [-0.2, -0.15) is 5.26 Å². The molecular formula is C12H10BrNO2. The van der Waals surface area contributed by atoms with E-state index in [0.29, 0.717) is 21.4 Å². The Labute approximate surface area is 102 Å². The average molecular weight is 280 g/mol. The van der Waals surface area contributed by atoms with Crippen LogP contribution in [-0.2, 0) is 4.79 Å². The maximum atomic E-state index is 11.5. The fraction of sp³-hybridized carbons (Fsp3) is 0.167. The zero-order valence-corrected chi connectivity index (χ0v) is 10.5. The van der Waals surface area contributed by atoms with Crippen LogP contribution in [0.4, 0.5) is 0 Å². The highest BCUT2D eigenvalue weighted by Gasteiger charge is 2.09. The summed E-state index contributed by atoms with van der Waals surface area (Å²) in [6.45, 7) is 3.45. The quantitative estimate of drug-likeness (QED) is 0.475. The van der Waals surface area contributed by atoms with Crippen molar-refractivity contribution in [3.05, 3.63) is 39.9 Å². The van der Waals surface area contributed by atoms with Crippen LogP contribution in [0.1, 0.15) is 19.4 Å². The third-order valence-corrected chi connectivity index (χ3v) is 2.64. The normalized spacial score (nSPS) is 10.8. The number of esters is 1. The predicted octanol–water partition coefficient (Wildman–Crippen LogP) is 3.19. The summed E-state index contributed by atoms with van der Waals surface area (Å²) < 4.78 is 5.72. The highest BCUT2D eigenvalue weighted by atomic mass is 79.9. The van der Waals surface area contributed by atoms with E-state index in [0.717, 1.165) is 0 Å². The number of hydrogen-bond acceptors (Lipinski definition) is 3. The van der Waals surface area contributed by atoms with Crippen molar-refractivity contribution in [1.82, 2.24) is 0 Å². The Hall–Kier alpha value is -1.60. The molecule has 0 spiro atoms. The summed E-state index contributed by atoms with van der Waals surface area (Å²) in [7, 11) is 0. The van der Waals surface area contributed by atoms with Crippen LogP contribution in [-0.4, -0.2) is 5.97 Å². The Morgan fingerprint density at radius 2 is 2.25 bits per heavy atom. The molecule has 0 amide bonds. The van der Waals surface area contributed by atoms with Crippen molar-refractivity contribution in [2.75, 3.05) is 0 Å². The number of nitriles is 1. The van der Waals surface area contributed by atoms with E-state index < -0.39 is 5.97 Å². The molecule has 0 aromatic heterocycles. The predicted molar refractivity (Wildman–Crippen MR) is 63.9 cm³/mol. The van der Waals surface area contributed by atoms with E-state index in [1.54, 1.807) is 38.1 Å². The molecule has 0 aliphatic heterocycles. The first-order valence-electron chi connectivity index (χ1n) is 4.63.